The smallest absolute Gasteiger partial charge is 0.147 e. The Morgan fingerprint density at radius 1 is 1.36 bits per heavy atom. The van der Waals surface area contributed by atoms with Crippen molar-refractivity contribution in [3.05, 3.63) is 29.7 Å². The summed E-state index contributed by atoms with van der Waals surface area (Å²) in [5.74, 6) is 0.501. The van der Waals surface area contributed by atoms with Gasteiger partial charge in [-0.3, -0.25) is 0 Å². The summed E-state index contributed by atoms with van der Waals surface area (Å²) in [5, 5.41) is 0.826. The van der Waals surface area contributed by atoms with Crippen LogP contribution in [0, 0.1) is 12.7 Å². The van der Waals surface area contributed by atoms with E-state index in [1.165, 1.54) is 6.07 Å². The molecule has 14 heavy (non-hydrogen) atoms. The van der Waals surface area contributed by atoms with Gasteiger partial charge in [-0.2, -0.15) is 0 Å². The summed E-state index contributed by atoms with van der Waals surface area (Å²) in [5.41, 5.74) is 1.62. The molecule has 1 aromatic heterocycles. The number of rotatable bonds is 1. The lowest BCUT2D eigenvalue weighted by atomic mass is 10.2. The second-order valence-corrected chi connectivity index (χ2v) is 3.36. The topological polar surface area (TPSA) is 14.2 Å². The number of methoxy groups -OCH3 is 1. The van der Waals surface area contributed by atoms with Crippen LogP contribution in [0.5, 0.6) is 5.75 Å². The van der Waals surface area contributed by atoms with E-state index >= 15 is 0 Å². The lowest BCUT2D eigenvalue weighted by Crippen LogP contribution is -1.93. The fourth-order valence-corrected chi connectivity index (χ4v) is 1.70. The van der Waals surface area contributed by atoms with E-state index in [0.717, 1.165) is 11.1 Å². The summed E-state index contributed by atoms with van der Waals surface area (Å²) in [6, 6.07) is 5.01. The van der Waals surface area contributed by atoms with Crippen LogP contribution in [0.25, 0.3) is 10.9 Å². The third-order valence-corrected chi connectivity index (χ3v) is 2.57. The maximum Gasteiger partial charge on any atom is 0.147 e. The molecule has 0 fully saturated rings. The van der Waals surface area contributed by atoms with Gasteiger partial charge in [-0.15, -0.1) is 0 Å². The number of ether oxygens (including phenoxy) is 1. The fourth-order valence-electron chi connectivity index (χ4n) is 1.70. The van der Waals surface area contributed by atoms with Crippen molar-refractivity contribution in [2.75, 3.05) is 7.11 Å². The van der Waals surface area contributed by atoms with Crippen LogP contribution in [0.1, 0.15) is 5.69 Å². The second kappa shape index (κ2) is 3.01. The van der Waals surface area contributed by atoms with E-state index < -0.39 is 0 Å². The third kappa shape index (κ3) is 1.09. The summed E-state index contributed by atoms with van der Waals surface area (Å²) in [6.07, 6.45) is 0. The minimum Gasteiger partial charge on any atom is -0.496 e. The number of aromatic nitrogens is 1. The fraction of sp³-hybridized carbons (Fsp3) is 0.273. The molecule has 0 amide bonds. The van der Waals surface area contributed by atoms with Gasteiger partial charge in [0.2, 0.25) is 0 Å². The second-order valence-electron chi connectivity index (χ2n) is 3.36. The zero-order chi connectivity index (χ0) is 10.3. The standard InChI is InChI=1S/C11H12FNO/c1-7-6-8-10(14-3)5-4-9(12)11(8)13(7)2/h4-6H,1-3H3. The van der Waals surface area contributed by atoms with Gasteiger partial charge in [0.15, 0.2) is 0 Å². The van der Waals surface area contributed by atoms with Crippen LogP contribution in [0.2, 0.25) is 0 Å². The Bertz CT molecular complexity index is 487. The average Bonchev–Trinajstić information content (AvgIpc) is 2.45. The van der Waals surface area contributed by atoms with E-state index in [2.05, 4.69) is 0 Å². The molecule has 0 aliphatic heterocycles. The molecule has 2 nitrogen and oxygen atoms in total. The van der Waals surface area contributed by atoms with E-state index in [9.17, 15) is 4.39 Å². The Morgan fingerprint density at radius 2 is 2.07 bits per heavy atom. The molecule has 1 aromatic carbocycles. The van der Waals surface area contributed by atoms with Gasteiger partial charge in [0.1, 0.15) is 11.6 Å². The van der Waals surface area contributed by atoms with Crippen molar-refractivity contribution in [3.8, 4) is 5.75 Å². The molecular formula is C11H12FNO. The van der Waals surface area contributed by atoms with Crippen LogP contribution in [-0.4, -0.2) is 11.7 Å². The Balaban J connectivity index is 2.91. The van der Waals surface area contributed by atoms with Gasteiger partial charge in [-0.25, -0.2) is 4.39 Å². The highest BCUT2D eigenvalue weighted by Gasteiger charge is 2.11. The highest BCUT2D eigenvalue weighted by Crippen LogP contribution is 2.29. The molecule has 0 aliphatic carbocycles. The predicted octanol–water partition coefficient (Wildman–Crippen LogP) is 2.63. The molecule has 0 atom stereocenters. The lowest BCUT2D eigenvalue weighted by molar-refractivity contribution is 0.419. The lowest BCUT2D eigenvalue weighted by Gasteiger charge is -2.03. The number of fused-ring (bicyclic) bond motifs is 1. The van der Waals surface area contributed by atoms with E-state index in [1.807, 2.05) is 24.6 Å². The zero-order valence-corrected chi connectivity index (χ0v) is 8.47. The van der Waals surface area contributed by atoms with Crippen molar-refractivity contribution in [2.24, 2.45) is 7.05 Å². The molecule has 0 aliphatic rings. The first-order valence-electron chi connectivity index (χ1n) is 4.43. The van der Waals surface area contributed by atoms with Crippen LogP contribution in [0.4, 0.5) is 4.39 Å². The number of aryl methyl sites for hydroxylation is 2. The normalized spacial score (nSPS) is 10.9. The number of hydrogen-bond acceptors (Lipinski definition) is 1. The maximum atomic E-state index is 13.5. The van der Waals surface area contributed by atoms with Crippen LogP contribution in [0.3, 0.4) is 0 Å². The van der Waals surface area contributed by atoms with Crippen molar-refractivity contribution >= 4 is 10.9 Å². The van der Waals surface area contributed by atoms with Crippen molar-refractivity contribution < 1.29 is 9.13 Å². The number of benzene rings is 1. The molecule has 2 rings (SSSR count). The Labute approximate surface area is 81.9 Å². The quantitative estimate of drug-likeness (QED) is 0.679. The summed E-state index contributed by atoms with van der Waals surface area (Å²) < 4.78 is 20.5. The van der Waals surface area contributed by atoms with Crippen molar-refractivity contribution in [1.29, 1.82) is 0 Å². The van der Waals surface area contributed by atoms with Gasteiger partial charge >= 0.3 is 0 Å². The van der Waals surface area contributed by atoms with E-state index in [0.29, 0.717) is 11.3 Å². The van der Waals surface area contributed by atoms with Gasteiger partial charge in [-0.1, -0.05) is 0 Å². The van der Waals surface area contributed by atoms with Crippen molar-refractivity contribution in [1.82, 2.24) is 4.57 Å². The molecule has 1 heterocycles. The largest absolute Gasteiger partial charge is 0.496 e. The average molecular weight is 193 g/mol. The number of hydrogen-bond donors (Lipinski definition) is 0. The van der Waals surface area contributed by atoms with Crippen LogP contribution in [-0.2, 0) is 7.05 Å². The van der Waals surface area contributed by atoms with Gasteiger partial charge in [0, 0.05) is 18.1 Å². The van der Waals surface area contributed by atoms with E-state index in [4.69, 9.17) is 4.74 Å². The molecule has 0 unspecified atom stereocenters. The summed E-state index contributed by atoms with van der Waals surface area (Å²) >= 11 is 0. The number of nitrogens with zero attached hydrogens (tertiary/aromatic N) is 1. The zero-order valence-electron chi connectivity index (χ0n) is 8.47. The first kappa shape index (κ1) is 9.06. The number of halogens is 1. The first-order chi connectivity index (χ1) is 6.65. The minimum absolute atomic E-state index is 0.212. The van der Waals surface area contributed by atoms with Crippen LogP contribution < -0.4 is 4.74 Å². The van der Waals surface area contributed by atoms with Gasteiger partial charge in [0.05, 0.1) is 12.6 Å². The van der Waals surface area contributed by atoms with E-state index in [1.54, 1.807) is 13.2 Å². The Hall–Kier alpha value is -1.51. The van der Waals surface area contributed by atoms with Gasteiger partial charge < -0.3 is 9.30 Å². The minimum atomic E-state index is -0.212. The molecule has 0 radical (unpaired) electrons. The predicted molar refractivity (Wildman–Crippen MR) is 54.2 cm³/mol. The summed E-state index contributed by atoms with van der Waals surface area (Å²) in [6.45, 7) is 1.94. The highest BCUT2D eigenvalue weighted by molar-refractivity contribution is 5.87. The molecule has 0 saturated heterocycles. The van der Waals surface area contributed by atoms with Gasteiger partial charge in [-0.05, 0) is 25.1 Å². The molecule has 3 heteroatoms. The molecule has 2 aromatic rings. The SMILES string of the molecule is COc1ccc(F)c2c1cc(C)n2C. The highest BCUT2D eigenvalue weighted by atomic mass is 19.1. The molecule has 0 spiro atoms. The van der Waals surface area contributed by atoms with Gasteiger partial charge in [0.25, 0.3) is 0 Å². The maximum absolute atomic E-state index is 13.5. The first-order valence-corrected chi connectivity index (χ1v) is 4.43. The van der Waals surface area contributed by atoms with Crippen LogP contribution >= 0.6 is 0 Å². The van der Waals surface area contributed by atoms with Crippen molar-refractivity contribution in [3.63, 3.8) is 0 Å². The molecular weight excluding hydrogens is 181 g/mol. The van der Waals surface area contributed by atoms with E-state index in [-0.39, 0.29) is 5.82 Å². The molecule has 74 valence electrons. The third-order valence-electron chi connectivity index (χ3n) is 2.57. The summed E-state index contributed by atoms with van der Waals surface area (Å²) in [4.78, 5) is 0. The molecule has 0 saturated carbocycles. The van der Waals surface area contributed by atoms with Crippen molar-refractivity contribution in [2.45, 2.75) is 6.92 Å². The summed E-state index contributed by atoms with van der Waals surface area (Å²) in [7, 11) is 3.44. The molecule has 0 N–H and O–H groups in total. The molecule has 0 bridgehead atoms. The Morgan fingerprint density at radius 3 is 2.71 bits per heavy atom. The van der Waals surface area contributed by atoms with Crippen LogP contribution in [0.15, 0.2) is 18.2 Å². The monoisotopic (exact) mass is 193 g/mol. The Kier molecular flexibility index (Phi) is 1.95.